The minimum absolute atomic E-state index is 0.0140. The molecule has 0 spiro atoms. The van der Waals surface area contributed by atoms with Crippen LogP contribution in [0.15, 0.2) is 59.0 Å². The van der Waals surface area contributed by atoms with E-state index in [4.69, 9.17) is 13.9 Å². The molecule has 0 saturated carbocycles. The van der Waals surface area contributed by atoms with E-state index >= 15 is 0 Å². The summed E-state index contributed by atoms with van der Waals surface area (Å²) in [6, 6.07) is 16.3. The van der Waals surface area contributed by atoms with Crippen molar-refractivity contribution in [3.05, 3.63) is 71.5 Å². The molecule has 1 heterocycles. The standard InChI is InChI=1S/C23H25NO5/c1-15(2)27-14-18-17-12-8-9-13-19(17)28-21(18)23(26)29-20(22(25)24(3)4)16-10-6-5-7-11-16/h5-13,15,20H,14H2,1-4H3. The number of amides is 1. The minimum Gasteiger partial charge on any atom is -0.449 e. The number of benzene rings is 2. The number of hydrogen-bond acceptors (Lipinski definition) is 5. The molecule has 0 saturated heterocycles. The number of rotatable bonds is 7. The van der Waals surface area contributed by atoms with Crippen LogP contribution in [0.3, 0.4) is 0 Å². The van der Waals surface area contributed by atoms with Crippen molar-refractivity contribution in [2.24, 2.45) is 0 Å². The summed E-state index contributed by atoms with van der Waals surface area (Å²) in [5, 5.41) is 0.787. The van der Waals surface area contributed by atoms with Gasteiger partial charge < -0.3 is 18.8 Å². The first-order chi connectivity index (χ1) is 13.9. The number of furan rings is 1. The summed E-state index contributed by atoms with van der Waals surface area (Å²) in [7, 11) is 3.24. The van der Waals surface area contributed by atoms with Gasteiger partial charge in [-0.2, -0.15) is 0 Å². The molecule has 29 heavy (non-hydrogen) atoms. The summed E-state index contributed by atoms with van der Waals surface area (Å²) in [5.74, 6) is -0.979. The third-order valence-electron chi connectivity index (χ3n) is 4.44. The number of fused-ring (bicyclic) bond motifs is 1. The summed E-state index contributed by atoms with van der Waals surface area (Å²) in [6.45, 7) is 4.04. The van der Waals surface area contributed by atoms with E-state index in [2.05, 4.69) is 0 Å². The summed E-state index contributed by atoms with van der Waals surface area (Å²) < 4.78 is 17.2. The van der Waals surface area contributed by atoms with Crippen LogP contribution in [0.5, 0.6) is 0 Å². The predicted octanol–water partition coefficient (Wildman–Crippen LogP) is 4.34. The van der Waals surface area contributed by atoms with E-state index in [0.29, 0.717) is 16.7 Å². The second kappa shape index (κ2) is 8.92. The van der Waals surface area contributed by atoms with Gasteiger partial charge in [0.1, 0.15) is 5.58 Å². The maximum Gasteiger partial charge on any atom is 0.375 e. The first kappa shape index (κ1) is 20.6. The monoisotopic (exact) mass is 395 g/mol. The Morgan fingerprint density at radius 1 is 1.00 bits per heavy atom. The molecule has 152 valence electrons. The van der Waals surface area contributed by atoms with Gasteiger partial charge in [-0.15, -0.1) is 0 Å². The van der Waals surface area contributed by atoms with Gasteiger partial charge in [0.15, 0.2) is 0 Å². The summed E-state index contributed by atoms with van der Waals surface area (Å²) in [6.07, 6.45) is -1.08. The van der Waals surface area contributed by atoms with Gasteiger partial charge >= 0.3 is 5.97 Å². The van der Waals surface area contributed by atoms with Crippen LogP contribution in [0, 0.1) is 0 Å². The summed E-state index contributed by atoms with van der Waals surface area (Å²) >= 11 is 0. The second-order valence-electron chi connectivity index (χ2n) is 7.19. The molecule has 3 aromatic rings. The van der Waals surface area contributed by atoms with Crippen LogP contribution in [-0.4, -0.2) is 37.0 Å². The molecule has 1 amide bonds. The van der Waals surface area contributed by atoms with E-state index in [-0.39, 0.29) is 24.4 Å². The van der Waals surface area contributed by atoms with E-state index in [1.54, 1.807) is 44.4 Å². The van der Waals surface area contributed by atoms with Gasteiger partial charge in [-0.05, 0) is 19.9 Å². The number of likely N-dealkylation sites (N-methyl/N-ethyl adjacent to an activating group) is 1. The molecular weight excluding hydrogens is 370 g/mol. The largest absolute Gasteiger partial charge is 0.449 e. The number of para-hydroxylation sites is 1. The Labute approximate surface area is 170 Å². The highest BCUT2D eigenvalue weighted by Crippen LogP contribution is 2.29. The molecule has 1 atom stereocenters. The maximum absolute atomic E-state index is 13.0. The third kappa shape index (κ3) is 4.66. The SMILES string of the molecule is CC(C)OCc1c(C(=O)OC(C(=O)N(C)C)c2ccccc2)oc2ccccc12. The maximum atomic E-state index is 13.0. The second-order valence-corrected chi connectivity index (χ2v) is 7.19. The Hall–Kier alpha value is -3.12. The first-order valence-electron chi connectivity index (χ1n) is 9.47. The van der Waals surface area contributed by atoms with E-state index in [0.717, 1.165) is 5.39 Å². The fraction of sp³-hybridized carbons (Fsp3) is 0.304. The van der Waals surface area contributed by atoms with E-state index < -0.39 is 12.1 Å². The van der Waals surface area contributed by atoms with Crippen LogP contribution >= 0.6 is 0 Å². The van der Waals surface area contributed by atoms with Gasteiger partial charge in [0.2, 0.25) is 11.9 Å². The average molecular weight is 395 g/mol. The molecule has 1 aromatic heterocycles. The van der Waals surface area contributed by atoms with Gasteiger partial charge in [-0.3, -0.25) is 4.79 Å². The van der Waals surface area contributed by atoms with Gasteiger partial charge in [-0.25, -0.2) is 4.79 Å². The highest BCUT2D eigenvalue weighted by atomic mass is 16.6. The van der Waals surface area contributed by atoms with Crippen molar-refractivity contribution in [2.75, 3.05) is 14.1 Å². The number of esters is 1. The molecule has 0 bridgehead atoms. The zero-order valence-electron chi connectivity index (χ0n) is 17.0. The number of hydrogen-bond donors (Lipinski definition) is 0. The Bertz CT molecular complexity index is 991. The molecule has 0 aliphatic rings. The number of nitrogens with zero attached hydrogens (tertiary/aromatic N) is 1. The Balaban J connectivity index is 1.96. The van der Waals surface area contributed by atoms with Crippen LogP contribution in [0.2, 0.25) is 0 Å². The quantitative estimate of drug-likeness (QED) is 0.557. The minimum atomic E-state index is -1.06. The Morgan fingerprint density at radius 2 is 1.66 bits per heavy atom. The lowest BCUT2D eigenvalue weighted by Gasteiger charge is -2.21. The van der Waals surface area contributed by atoms with Crippen molar-refractivity contribution in [1.29, 1.82) is 0 Å². The number of carbonyl (C=O) groups excluding carboxylic acids is 2. The molecule has 0 fully saturated rings. The van der Waals surface area contributed by atoms with Gasteiger partial charge in [0, 0.05) is 30.6 Å². The van der Waals surface area contributed by atoms with Crippen LogP contribution in [-0.2, 0) is 20.9 Å². The normalized spacial score (nSPS) is 12.2. The van der Waals surface area contributed by atoms with Crippen LogP contribution in [0.25, 0.3) is 11.0 Å². The van der Waals surface area contributed by atoms with E-state index in [9.17, 15) is 9.59 Å². The van der Waals surface area contributed by atoms with Crippen molar-refractivity contribution in [1.82, 2.24) is 4.90 Å². The Morgan fingerprint density at radius 3 is 2.31 bits per heavy atom. The predicted molar refractivity (Wildman–Crippen MR) is 109 cm³/mol. The molecule has 0 aliphatic heterocycles. The van der Waals surface area contributed by atoms with Crippen molar-refractivity contribution in [3.63, 3.8) is 0 Å². The molecular formula is C23H25NO5. The van der Waals surface area contributed by atoms with E-state index in [1.807, 2.05) is 38.1 Å². The van der Waals surface area contributed by atoms with Gasteiger partial charge in [0.25, 0.3) is 5.91 Å². The van der Waals surface area contributed by atoms with E-state index in [1.165, 1.54) is 4.90 Å². The molecule has 1 unspecified atom stereocenters. The van der Waals surface area contributed by atoms with Gasteiger partial charge in [0.05, 0.1) is 12.7 Å². The molecule has 6 heteroatoms. The number of carbonyl (C=O) groups is 2. The van der Waals surface area contributed by atoms with Crippen molar-refractivity contribution < 1.29 is 23.5 Å². The lowest BCUT2D eigenvalue weighted by Crippen LogP contribution is -2.31. The smallest absolute Gasteiger partial charge is 0.375 e. The van der Waals surface area contributed by atoms with Gasteiger partial charge in [-0.1, -0.05) is 48.5 Å². The highest BCUT2D eigenvalue weighted by molar-refractivity contribution is 5.97. The molecule has 2 aromatic carbocycles. The fourth-order valence-corrected chi connectivity index (χ4v) is 2.94. The lowest BCUT2D eigenvalue weighted by molar-refractivity contribution is -0.138. The zero-order chi connectivity index (χ0) is 21.0. The van der Waals surface area contributed by atoms with Crippen molar-refractivity contribution in [3.8, 4) is 0 Å². The molecule has 0 radical (unpaired) electrons. The molecule has 0 aliphatic carbocycles. The van der Waals surface area contributed by atoms with Crippen molar-refractivity contribution in [2.45, 2.75) is 32.7 Å². The summed E-state index contributed by atoms with van der Waals surface area (Å²) in [5.41, 5.74) is 1.77. The average Bonchev–Trinajstić information content (AvgIpc) is 3.09. The zero-order valence-corrected chi connectivity index (χ0v) is 17.0. The van der Waals surface area contributed by atoms with Crippen molar-refractivity contribution >= 4 is 22.8 Å². The molecule has 3 rings (SSSR count). The molecule has 0 N–H and O–H groups in total. The third-order valence-corrected chi connectivity index (χ3v) is 4.44. The first-order valence-corrected chi connectivity index (χ1v) is 9.47. The molecule has 6 nitrogen and oxygen atoms in total. The summed E-state index contributed by atoms with van der Waals surface area (Å²) in [4.78, 5) is 27.1. The topological polar surface area (TPSA) is 69.0 Å². The number of ether oxygens (including phenoxy) is 2. The van der Waals surface area contributed by atoms with Crippen LogP contribution < -0.4 is 0 Å². The fourth-order valence-electron chi connectivity index (χ4n) is 2.94. The van der Waals surface area contributed by atoms with Crippen LogP contribution in [0.1, 0.15) is 41.6 Å². The van der Waals surface area contributed by atoms with Crippen LogP contribution in [0.4, 0.5) is 0 Å². The Kier molecular flexibility index (Phi) is 6.34. The highest BCUT2D eigenvalue weighted by Gasteiger charge is 2.30. The lowest BCUT2D eigenvalue weighted by atomic mass is 10.1.